The largest absolute Gasteiger partial charge is 0.490 e. The zero-order chi connectivity index (χ0) is 13.6. The van der Waals surface area contributed by atoms with Crippen molar-refractivity contribution in [1.82, 2.24) is 0 Å². The fourth-order valence-electron chi connectivity index (χ4n) is 2.20. The maximum Gasteiger partial charge on any atom is 0.161 e. The van der Waals surface area contributed by atoms with Crippen molar-refractivity contribution in [3.8, 4) is 11.5 Å². The third kappa shape index (κ3) is 3.86. The number of para-hydroxylation sites is 2. The molecule has 0 aliphatic carbocycles. The SMILES string of the molecule is CCOc1ccccc1OCC1(CBr)CCOCC1. The summed E-state index contributed by atoms with van der Waals surface area (Å²) in [6.07, 6.45) is 2.07. The summed E-state index contributed by atoms with van der Waals surface area (Å²) in [5.41, 5.74) is 0.178. The Kier molecular flexibility index (Phi) is 5.52. The first-order valence-corrected chi connectivity index (χ1v) is 7.90. The van der Waals surface area contributed by atoms with E-state index in [-0.39, 0.29) is 5.41 Å². The van der Waals surface area contributed by atoms with Crippen molar-refractivity contribution in [2.24, 2.45) is 5.41 Å². The van der Waals surface area contributed by atoms with Crippen LogP contribution in [0.15, 0.2) is 24.3 Å². The monoisotopic (exact) mass is 328 g/mol. The lowest BCUT2D eigenvalue weighted by molar-refractivity contribution is 0.00306. The molecule has 0 atom stereocenters. The third-order valence-corrected chi connectivity index (χ3v) is 4.71. The molecule has 19 heavy (non-hydrogen) atoms. The van der Waals surface area contributed by atoms with Gasteiger partial charge in [-0.25, -0.2) is 0 Å². The molecule has 2 rings (SSSR count). The molecule has 0 spiro atoms. The second-order valence-corrected chi connectivity index (χ2v) is 5.48. The van der Waals surface area contributed by atoms with Gasteiger partial charge < -0.3 is 14.2 Å². The number of benzene rings is 1. The van der Waals surface area contributed by atoms with Crippen LogP contribution in [0.25, 0.3) is 0 Å². The minimum atomic E-state index is 0.178. The zero-order valence-corrected chi connectivity index (χ0v) is 12.9. The molecule has 0 unspecified atom stereocenters. The highest BCUT2D eigenvalue weighted by Gasteiger charge is 2.32. The topological polar surface area (TPSA) is 27.7 Å². The molecule has 1 fully saturated rings. The van der Waals surface area contributed by atoms with Gasteiger partial charge in [-0.1, -0.05) is 28.1 Å². The van der Waals surface area contributed by atoms with E-state index in [1.54, 1.807) is 0 Å². The fraction of sp³-hybridized carbons (Fsp3) is 0.600. The van der Waals surface area contributed by atoms with Crippen LogP contribution in [-0.2, 0) is 4.74 Å². The maximum absolute atomic E-state index is 6.01. The molecule has 4 heteroatoms. The lowest BCUT2D eigenvalue weighted by Gasteiger charge is -2.35. The first-order valence-electron chi connectivity index (χ1n) is 6.78. The van der Waals surface area contributed by atoms with E-state index in [0.29, 0.717) is 13.2 Å². The molecule has 1 aliphatic heterocycles. The molecule has 3 nitrogen and oxygen atoms in total. The average molecular weight is 329 g/mol. The molecule has 0 amide bonds. The Labute approximate surface area is 123 Å². The molecule has 0 bridgehead atoms. The summed E-state index contributed by atoms with van der Waals surface area (Å²) < 4.78 is 17.0. The van der Waals surface area contributed by atoms with Gasteiger partial charge >= 0.3 is 0 Å². The molecule has 1 heterocycles. The van der Waals surface area contributed by atoms with Crippen LogP contribution in [0.2, 0.25) is 0 Å². The summed E-state index contributed by atoms with van der Waals surface area (Å²) in [5.74, 6) is 1.65. The molecule has 0 saturated carbocycles. The van der Waals surface area contributed by atoms with Gasteiger partial charge in [-0.05, 0) is 31.9 Å². The maximum atomic E-state index is 6.01. The minimum Gasteiger partial charge on any atom is -0.490 e. The standard InChI is InChI=1S/C15H21BrO3/c1-2-18-13-5-3-4-6-14(13)19-12-15(11-16)7-9-17-10-8-15/h3-6H,2,7-12H2,1H3. The normalized spacial score (nSPS) is 18.0. The van der Waals surface area contributed by atoms with Gasteiger partial charge in [0.05, 0.1) is 13.2 Å². The van der Waals surface area contributed by atoms with E-state index in [4.69, 9.17) is 14.2 Å². The second kappa shape index (κ2) is 7.15. The summed E-state index contributed by atoms with van der Waals surface area (Å²) in [5, 5.41) is 0.945. The van der Waals surface area contributed by atoms with Crippen molar-refractivity contribution in [3.63, 3.8) is 0 Å². The number of rotatable bonds is 6. The first kappa shape index (κ1) is 14.7. The van der Waals surface area contributed by atoms with Crippen molar-refractivity contribution < 1.29 is 14.2 Å². The van der Waals surface area contributed by atoms with Gasteiger partial charge in [0.1, 0.15) is 0 Å². The van der Waals surface area contributed by atoms with Crippen molar-refractivity contribution in [1.29, 1.82) is 0 Å². The molecular formula is C15H21BrO3. The lowest BCUT2D eigenvalue weighted by Crippen LogP contribution is -2.36. The highest BCUT2D eigenvalue weighted by Crippen LogP contribution is 2.35. The van der Waals surface area contributed by atoms with Crippen LogP contribution in [0.4, 0.5) is 0 Å². The highest BCUT2D eigenvalue weighted by atomic mass is 79.9. The Balaban J connectivity index is 2.00. The van der Waals surface area contributed by atoms with Crippen LogP contribution in [0.1, 0.15) is 19.8 Å². The third-order valence-electron chi connectivity index (χ3n) is 3.52. The molecule has 0 aromatic heterocycles. The lowest BCUT2D eigenvalue weighted by atomic mass is 9.83. The molecule has 0 radical (unpaired) electrons. The van der Waals surface area contributed by atoms with E-state index in [1.165, 1.54) is 0 Å². The molecule has 1 aromatic carbocycles. The summed E-state index contributed by atoms with van der Waals surface area (Å²) in [6, 6.07) is 7.85. The van der Waals surface area contributed by atoms with E-state index in [1.807, 2.05) is 31.2 Å². The Morgan fingerprint density at radius 1 is 1.16 bits per heavy atom. The van der Waals surface area contributed by atoms with Crippen LogP contribution >= 0.6 is 15.9 Å². The van der Waals surface area contributed by atoms with Gasteiger partial charge in [-0.15, -0.1) is 0 Å². The second-order valence-electron chi connectivity index (χ2n) is 4.91. The van der Waals surface area contributed by atoms with Crippen LogP contribution in [0, 0.1) is 5.41 Å². The summed E-state index contributed by atoms with van der Waals surface area (Å²) in [7, 11) is 0. The molecular weight excluding hydrogens is 308 g/mol. The van der Waals surface area contributed by atoms with Crippen LogP contribution in [0.5, 0.6) is 11.5 Å². The number of halogens is 1. The van der Waals surface area contributed by atoms with Gasteiger partial charge in [0.2, 0.25) is 0 Å². The Morgan fingerprint density at radius 3 is 2.37 bits per heavy atom. The number of hydrogen-bond acceptors (Lipinski definition) is 3. The van der Waals surface area contributed by atoms with E-state index < -0.39 is 0 Å². The quantitative estimate of drug-likeness (QED) is 0.746. The van der Waals surface area contributed by atoms with Gasteiger partial charge in [-0.2, -0.15) is 0 Å². The molecule has 106 valence electrons. The summed E-state index contributed by atoms with van der Waals surface area (Å²) in [6.45, 7) is 4.98. The fourth-order valence-corrected chi connectivity index (χ4v) is 2.92. The highest BCUT2D eigenvalue weighted by molar-refractivity contribution is 9.09. The van der Waals surface area contributed by atoms with E-state index in [9.17, 15) is 0 Å². The van der Waals surface area contributed by atoms with E-state index in [2.05, 4.69) is 15.9 Å². The zero-order valence-electron chi connectivity index (χ0n) is 11.4. The Hall–Kier alpha value is -0.740. The summed E-state index contributed by atoms with van der Waals surface area (Å²) in [4.78, 5) is 0. The summed E-state index contributed by atoms with van der Waals surface area (Å²) >= 11 is 3.62. The predicted molar refractivity (Wildman–Crippen MR) is 79.4 cm³/mol. The number of hydrogen-bond donors (Lipinski definition) is 0. The van der Waals surface area contributed by atoms with Gasteiger partial charge in [0, 0.05) is 24.0 Å². The average Bonchev–Trinajstić information content (AvgIpc) is 2.48. The van der Waals surface area contributed by atoms with Crippen molar-refractivity contribution in [2.45, 2.75) is 19.8 Å². The molecule has 1 aromatic rings. The van der Waals surface area contributed by atoms with Crippen molar-refractivity contribution in [2.75, 3.05) is 31.8 Å². The van der Waals surface area contributed by atoms with E-state index in [0.717, 1.165) is 42.9 Å². The number of ether oxygens (including phenoxy) is 3. The molecule has 1 aliphatic rings. The van der Waals surface area contributed by atoms with Crippen LogP contribution in [0.3, 0.4) is 0 Å². The van der Waals surface area contributed by atoms with E-state index >= 15 is 0 Å². The number of alkyl halides is 1. The minimum absolute atomic E-state index is 0.178. The first-order chi connectivity index (χ1) is 9.29. The van der Waals surface area contributed by atoms with Crippen molar-refractivity contribution >= 4 is 15.9 Å². The predicted octanol–water partition coefficient (Wildman–Crippen LogP) is 3.66. The smallest absolute Gasteiger partial charge is 0.161 e. The van der Waals surface area contributed by atoms with Gasteiger partial charge in [0.25, 0.3) is 0 Å². The van der Waals surface area contributed by atoms with Gasteiger partial charge in [-0.3, -0.25) is 0 Å². The Morgan fingerprint density at radius 2 is 1.79 bits per heavy atom. The molecule has 1 saturated heterocycles. The molecule has 0 N–H and O–H groups in total. The van der Waals surface area contributed by atoms with Gasteiger partial charge in [0.15, 0.2) is 11.5 Å². The van der Waals surface area contributed by atoms with Crippen LogP contribution in [-0.4, -0.2) is 31.8 Å². The van der Waals surface area contributed by atoms with Crippen LogP contribution < -0.4 is 9.47 Å². The Bertz CT molecular complexity index is 389. The van der Waals surface area contributed by atoms with Crippen molar-refractivity contribution in [3.05, 3.63) is 24.3 Å².